The van der Waals surface area contributed by atoms with Gasteiger partial charge >= 0.3 is 12.1 Å². The Balaban J connectivity index is 4.61. The van der Waals surface area contributed by atoms with Crippen LogP contribution in [0.2, 0.25) is 6.55 Å². The zero-order valence-corrected chi connectivity index (χ0v) is 12.3. The van der Waals surface area contributed by atoms with Crippen LogP contribution in [0.25, 0.3) is 0 Å². The Morgan fingerprint density at radius 1 is 0.750 bits per heavy atom. The topological polar surface area (TPSA) is 47.1 Å². The van der Waals surface area contributed by atoms with Crippen molar-refractivity contribution >= 4 is 21.2 Å². The molecule has 0 aromatic rings. The molecule has 6 nitrogen and oxygen atoms in total. The lowest BCUT2D eigenvalue weighted by atomic mass is 10.8. The highest BCUT2D eigenvalue weighted by molar-refractivity contribution is 6.56. The Hall–Kier alpha value is -1.24. The van der Waals surface area contributed by atoms with Gasteiger partial charge in [0.15, 0.2) is 0 Å². The largest absolute Gasteiger partial charge is 0.339 e. The fourth-order valence-electron chi connectivity index (χ4n) is 1.21. The summed E-state index contributed by atoms with van der Waals surface area (Å²) in [7, 11) is 8.54. The molecule has 0 fully saturated rings. The quantitative estimate of drug-likeness (QED) is 0.647. The summed E-state index contributed by atoms with van der Waals surface area (Å²) in [6.07, 6.45) is 0. The van der Waals surface area contributed by atoms with Crippen LogP contribution in [0.4, 0.5) is 9.59 Å². The highest BCUT2D eigenvalue weighted by Gasteiger charge is 2.26. The number of carbonyl (C=O) groups is 2. The van der Waals surface area contributed by atoms with Gasteiger partial charge in [0.1, 0.15) is 0 Å². The maximum Gasteiger partial charge on any atom is 0.312 e. The molecule has 0 atom stereocenters. The first kappa shape index (κ1) is 14.8. The third-order valence-electron chi connectivity index (χ3n) is 2.49. The molecule has 4 amide bonds. The van der Waals surface area contributed by atoms with Crippen LogP contribution in [-0.4, -0.2) is 82.4 Å². The highest BCUT2D eigenvalue weighted by Crippen LogP contribution is 2.02. The first-order valence-corrected chi connectivity index (χ1v) is 7.27. The summed E-state index contributed by atoms with van der Waals surface area (Å²) < 4.78 is 3.31. The van der Waals surface area contributed by atoms with E-state index in [2.05, 4.69) is 0 Å². The first-order valence-electron chi connectivity index (χ1n) is 5.08. The summed E-state index contributed by atoms with van der Waals surface area (Å²) in [4.78, 5) is 26.5. The van der Waals surface area contributed by atoms with Gasteiger partial charge in [-0.3, -0.25) is 0 Å². The van der Waals surface area contributed by atoms with Crippen molar-refractivity contribution in [1.82, 2.24) is 18.9 Å². The Morgan fingerprint density at radius 3 is 1.19 bits per heavy atom. The lowest BCUT2D eigenvalue weighted by Gasteiger charge is -2.34. The minimum absolute atomic E-state index is 0.0717. The number of rotatable bonds is 2. The second-order valence-electron chi connectivity index (χ2n) is 4.21. The average Bonchev–Trinajstić information content (AvgIpc) is 2.23. The minimum atomic E-state index is -1.73. The lowest BCUT2D eigenvalue weighted by Crippen LogP contribution is -2.56. The van der Waals surface area contributed by atoms with Crippen LogP contribution in [0.3, 0.4) is 0 Å². The Labute approximate surface area is 99.2 Å². The van der Waals surface area contributed by atoms with Crippen LogP contribution in [0.5, 0.6) is 0 Å². The Morgan fingerprint density at radius 2 is 1.00 bits per heavy atom. The monoisotopic (exact) mass is 246 g/mol. The molecule has 0 aliphatic rings. The van der Waals surface area contributed by atoms with E-state index in [1.807, 2.05) is 6.55 Å². The second kappa shape index (κ2) is 5.74. The number of hydrogen-bond acceptors (Lipinski definition) is 2. The van der Waals surface area contributed by atoms with E-state index in [4.69, 9.17) is 0 Å². The minimum Gasteiger partial charge on any atom is -0.339 e. The van der Waals surface area contributed by atoms with Gasteiger partial charge in [-0.1, -0.05) is 0 Å². The van der Waals surface area contributed by atoms with Gasteiger partial charge in [0, 0.05) is 42.3 Å². The Kier molecular flexibility index (Phi) is 5.29. The number of urea groups is 2. The van der Waals surface area contributed by atoms with Crippen LogP contribution >= 0.6 is 0 Å². The molecule has 0 aliphatic heterocycles. The highest BCUT2D eigenvalue weighted by atomic mass is 28.3. The van der Waals surface area contributed by atoms with E-state index in [1.165, 1.54) is 9.80 Å². The molecule has 0 radical (unpaired) electrons. The van der Waals surface area contributed by atoms with Gasteiger partial charge in [-0.25, -0.2) is 9.59 Å². The fourth-order valence-corrected chi connectivity index (χ4v) is 2.83. The van der Waals surface area contributed by atoms with Crippen LogP contribution in [-0.2, 0) is 0 Å². The van der Waals surface area contributed by atoms with Gasteiger partial charge < -0.3 is 18.9 Å². The third-order valence-corrected chi connectivity index (χ3v) is 5.17. The van der Waals surface area contributed by atoms with Crippen LogP contribution < -0.4 is 0 Å². The van der Waals surface area contributed by atoms with Crippen molar-refractivity contribution in [3.8, 4) is 0 Å². The van der Waals surface area contributed by atoms with Crippen molar-refractivity contribution in [1.29, 1.82) is 0 Å². The molecule has 0 aliphatic carbocycles. The standard InChI is InChI=1S/C9H22N4O2Si/c1-10(2)8(14)12(5)16(7)13(6)9(15)11(3)4/h16H,1-7H3. The zero-order chi connectivity index (χ0) is 13.0. The second-order valence-corrected chi connectivity index (χ2v) is 7.02. The summed E-state index contributed by atoms with van der Waals surface area (Å²) in [5.74, 6) is 0. The maximum absolute atomic E-state index is 11.7. The van der Waals surface area contributed by atoms with Crippen LogP contribution in [0.15, 0.2) is 0 Å². The molecular formula is C9H22N4O2Si. The van der Waals surface area contributed by atoms with Crippen molar-refractivity contribution < 1.29 is 9.59 Å². The van der Waals surface area contributed by atoms with Gasteiger partial charge in [-0.15, -0.1) is 0 Å². The van der Waals surface area contributed by atoms with Crippen molar-refractivity contribution in [2.45, 2.75) is 6.55 Å². The van der Waals surface area contributed by atoms with Crippen LogP contribution in [0.1, 0.15) is 0 Å². The molecule has 0 rings (SSSR count). The molecule has 0 unspecified atom stereocenters. The summed E-state index contributed by atoms with van der Waals surface area (Å²) in [6, 6.07) is -0.143. The molecule has 0 saturated carbocycles. The maximum atomic E-state index is 11.7. The van der Waals surface area contributed by atoms with E-state index < -0.39 is 9.12 Å². The first-order chi connectivity index (χ1) is 7.20. The molecule has 0 spiro atoms. The molecule has 0 bridgehead atoms. The van der Waals surface area contributed by atoms with Gasteiger partial charge in [-0.2, -0.15) is 0 Å². The molecule has 0 aromatic heterocycles. The third kappa shape index (κ3) is 3.40. The predicted octanol–water partition coefficient (Wildman–Crippen LogP) is 0.0635. The molecule has 94 valence electrons. The number of carbonyl (C=O) groups excluding carboxylic acids is 2. The number of nitrogens with zero attached hydrogens (tertiary/aromatic N) is 4. The molecule has 0 N–H and O–H groups in total. The predicted molar refractivity (Wildman–Crippen MR) is 66.7 cm³/mol. The smallest absolute Gasteiger partial charge is 0.312 e. The van der Waals surface area contributed by atoms with Crippen molar-refractivity contribution in [2.24, 2.45) is 0 Å². The van der Waals surface area contributed by atoms with E-state index in [1.54, 1.807) is 51.4 Å². The summed E-state index contributed by atoms with van der Waals surface area (Å²) in [6.45, 7) is 1.95. The summed E-state index contributed by atoms with van der Waals surface area (Å²) in [5, 5.41) is 0. The van der Waals surface area contributed by atoms with E-state index in [-0.39, 0.29) is 12.1 Å². The molecule has 0 saturated heterocycles. The molecular weight excluding hydrogens is 224 g/mol. The van der Waals surface area contributed by atoms with E-state index >= 15 is 0 Å². The SMILES string of the molecule is CN(C)C(=O)N(C)[SiH](C)N(C)C(=O)N(C)C. The van der Waals surface area contributed by atoms with E-state index in [9.17, 15) is 9.59 Å². The normalized spacial score (nSPS) is 10.0. The van der Waals surface area contributed by atoms with Gasteiger partial charge in [0.05, 0.1) is 0 Å². The van der Waals surface area contributed by atoms with Crippen molar-refractivity contribution in [3.63, 3.8) is 0 Å². The number of amides is 4. The van der Waals surface area contributed by atoms with Crippen molar-refractivity contribution in [2.75, 3.05) is 42.3 Å². The molecule has 0 aromatic carbocycles. The van der Waals surface area contributed by atoms with E-state index in [0.717, 1.165) is 0 Å². The van der Waals surface area contributed by atoms with Crippen molar-refractivity contribution in [3.05, 3.63) is 0 Å². The lowest BCUT2D eigenvalue weighted by molar-refractivity contribution is 0.192. The molecule has 0 heterocycles. The Bertz CT molecular complexity index is 244. The molecule has 7 heteroatoms. The van der Waals surface area contributed by atoms with Gasteiger partial charge in [0.25, 0.3) is 9.12 Å². The van der Waals surface area contributed by atoms with Crippen LogP contribution in [0, 0.1) is 0 Å². The van der Waals surface area contributed by atoms with Gasteiger partial charge in [-0.05, 0) is 6.55 Å². The van der Waals surface area contributed by atoms with E-state index in [0.29, 0.717) is 0 Å². The molecule has 16 heavy (non-hydrogen) atoms. The average molecular weight is 246 g/mol. The summed E-state index contributed by atoms with van der Waals surface area (Å²) >= 11 is 0. The number of hydrogen-bond donors (Lipinski definition) is 0. The van der Waals surface area contributed by atoms with Gasteiger partial charge in [0.2, 0.25) is 0 Å². The summed E-state index contributed by atoms with van der Waals surface area (Å²) in [5.41, 5.74) is 0. The fraction of sp³-hybridized carbons (Fsp3) is 0.778. The zero-order valence-electron chi connectivity index (χ0n) is 11.2.